The first kappa shape index (κ1) is 19.4. The number of carbonyl (C=O) groups excluding carboxylic acids is 2. The van der Waals surface area contributed by atoms with Gasteiger partial charge < -0.3 is 10.6 Å². The van der Waals surface area contributed by atoms with Crippen LogP contribution in [-0.4, -0.2) is 57.7 Å². The van der Waals surface area contributed by atoms with Gasteiger partial charge in [0.15, 0.2) is 5.69 Å². The Bertz CT molecular complexity index is 911. The molecule has 2 N–H and O–H groups in total. The van der Waals surface area contributed by atoms with Crippen LogP contribution in [-0.2, 0) is 12.7 Å². The first-order valence-electron chi connectivity index (χ1n) is 9.24. The van der Waals surface area contributed by atoms with Crippen molar-refractivity contribution in [3.63, 3.8) is 0 Å². The van der Waals surface area contributed by atoms with Gasteiger partial charge in [-0.2, -0.15) is 23.0 Å². The average Bonchev–Trinajstić information content (AvgIpc) is 3.35. The minimum Gasteiger partial charge on any atom is -0.364 e. The highest BCUT2D eigenvalue weighted by Crippen LogP contribution is 2.33. The zero-order valence-electron chi connectivity index (χ0n) is 15.5. The van der Waals surface area contributed by atoms with Gasteiger partial charge in [-0.25, -0.2) is 4.79 Å². The molecule has 3 heterocycles. The summed E-state index contributed by atoms with van der Waals surface area (Å²) in [6.07, 6.45) is -2.90. The third kappa shape index (κ3) is 3.98. The highest BCUT2D eigenvalue weighted by molar-refractivity contribution is 5.91. The number of alkyl halides is 3. The third-order valence-electron chi connectivity index (χ3n) is 5.56. The molecule has 1 aromatic heterocycles. The summed E-state index contributed by atoms with van der Waals surface area (Å²) in [5.41, 5.74) is 5.39. The van der Waals surface area contributed by atoms with Crippen LogP contribution < -0.4 is 5.73 Å². The van der Waals surface area contributed by atoms with Gasteiger partial charge in [0, 0.05) is 38.9 Å². The lowest BCUT2D eigenvalue weighted by Crippen LogP contribution is -2.36. The van der Waals surface area contributed by atoms with E-state index in [2.05, 4.69) is 10.00 Å². The molecule has 2 amide bonds. The molecule has 0 spiro atoms. The molecule has 1 aromatic carbocycles. The Morgan fingerprint density at radius 2 is 1.66 bits per heavy atom. The van der Waals surface area contributed by atoms with E-state index in [1.54, 1.807) is 4.90 Å². The molecule has 2 aromatic rings. The summed E-state index contributed by atoms with van der Waals surface area (Å²) in [4.78, 5) is 27.6. The van der Waals surface area contributed by atoms with E-state index in [1.807, 2.05) is 0 Å². The van der Waals surface area contributed by atoms with Gasteiger partial charge in [-0.05, 0) is 35.6 Å². The number of hydrogen-bond acceptors (Lipinski definition) is 4. The molecule has 7 nitrogen and oxygen atoms in total. The van der Waals surface area contributed by atoms with Gasteiger partial charge in [0.1, 0.15) is 0 Å². The number of likely N-dealkylation sites (tertiary alicyclic amines) is 2. The van der Waals surface area contributed by atoms with Crippen LogP contribution in [0.3, 0.4) is 0 Å². The Labute approximate surface area is 164 Å². The fourth-order valence-corrected chi connectivity index (χ4v) is 4.14. The number of nitrogens with zero attached hydrogens (tertiary/aromatic N) is 4. The molecule has 2 saturated heterocycles. The summed E-state index contributed by atoms with van der Waals surface area (Å²) < 4.78 is 39.1. The summed E-state index contributed by atoms with van der Waals surface area (Å²) in [7, 11) is 0. The third-order valence-corrected chi connectivity index (χ3v) is 5.56. The van der Waals surface area contributed by atoms with Crippen molar-refractivity contribution in [1.82, 2.24) is 19.6 Å². The summed E-state index contributed by atoms with van der Waals surface area (Å²) in [5.74, 6) is -0.0760. The predicted octanol–water partition coefficient (Wildman–Crippen LogP) is 2.03. The standard InChI is InChI=1S/C19H20F3N5O2/c20-19(21,22)15-3-1-12(2-4-15)7-25-8-13-10-26(11-14(13)9-25)18(29)27-6-5-16(24-27)17(23)28/h1-6,13-14H,7-11H2,(H2,23,28). The van der Waals surface area contributed by atoms with E-state index < -0.39 is 17.6 Å². The molecule has 2 unspecified atom stereocenters. The van der Waals surface area contributed by atoms with Gasteiger partial charge in [-0.1, -0.05) is 12.1 Å². The molecule has 10 heteroatoms. The smallest absolute Gasteiger partial charge is 0.364 e. The van der Waals surface area contributed by atoms with Gasteiger partial charge in [0.05, 0.1) is 5.56 Å². The molecule has 2 aliphatic heterocycles. The van der Waals surface area contributed by atoms with E-state index in [0.717, 1.165) is 35.5 Å². The van der Waals surface area contributed by atoms with E-state index >= 15 is 0 Å². The minimum atomic E-state index is -4.33. The monoisotopic (exact) mass is 407 g/mol. The van der Waals surface area contributed by atoms with Crippen LogP contribution in [0.1, 0.15) is 21.6 Å². The highest BCUT2D eigenvalue weighted by atomic mass is 19.4. The second-order valence-electron chi connectivity index (χ2n) is 7.61. The van der Waals surface area contributed by atoms with Crippen molar-refractivity contribution in [2.24, 2.45) is 17.6 Å². The molecule has 0 bridgehead atoms. The first-order chi connectivity index (χ1) is 13.7. The van der Waals surface area contributed by atoms with Crippen molar-refractivity contribution in [1.29, 1.82) is 0 Å². The quantitative estimate of drug-likeness (QED) is 0.844. The number of halogens is 3. The zero-order chi connectivity index (χ0) is 20.8. The number of amides is 2. The molecule has 154 valence electrons. The van der Waals surface area contributed by atoms with Crippen LogP contribution in [0.5, 0.6) is 0 Å². The lowest BCUT2D eigenvalue weighted by atomic mass is 10.0. The summed E-state index contributed by atoms with van der Waals surface area (Å²) in [6.45, 7) is 3.31. The van der Waals surface area contributed by atoms with Gasteiger partial charge >= 0.3 is 12.2 Å². The van der Waals surface area contributed by atoms with Gasteiger partial charge in [0.2, 0.25) is 0 Å². The number of primary amides is 1. The fourth-order valence-electron chi connectivity index (χ4n) is 4.14. The lowest BCUT2D eigenvalue weighted by molar-refractivity contribution is -0.137. The fraction of sp³-hybridized carbons (Fsp3) is 0.421. The largest absolute Gasteiger partial charge is 0.416 e. The van der Waals surface area contributed by atoms with Crippen LogP contribution in [0.25, 0.3) is 0 Å². The molecule has 0 saturated carbocycles. The normalized spacial score (nSPS) is 22.1. The summed E-state index contributed by atoms with van der Waals surface area (Å²) in [6, 6.07) is 6.36. The Kier molecular flexibility index (Phi) is 4.81. The summed E-state index contributed by atoms with van der Waals surface area (Å²) in [5, 5.41) is 3.90. The summed E-state index contributed by atoms with van der Waals surface area (Å²) >= 11 is 0. The zero-order valence-corrected chi connectivity index (χ0v) is 15.5. The molecule has 2 atom stereocenters. The number of hydrogen-bond donors (Lipinski definition) is 1. The number of benzene rings is 1. The average molecular weight is 407 g/mol. The van der Waals surface area contributed by atoms with Crippen molar-refractivity contribution < 1.29 is 22.8 Å². The number of rotatable bonds is 3. The van der Waals surface area contributed by atoms with Crippen molar-refractivity contribution >= 4 is 11.9 Å². The van der Waals surface area contributed by atoms with Crippen LogP contribution >= 0.6 is 0 Å². The molecular formula is C19H20F3N5O2. The Morgan fingerprint density at radius 1 is 1.03 bits per heavy atom. The maximum absolute atomic E-state index is 12.7. The van der Waals surface area contributed by atoms with E-state index in [-0.39, 0.29) is 11.7 Å². The van der Waals surface area contributed by atoms with E-state index in [0.29, 0.717) is 31.5 Å². The molecule has 0 radical (unpaired) electrons. The van der Waals surface area contributed by atoms with E-state index in [9.17, 15) is 22.8 Å². The van der Waals surface area contributed by atoms with E-state index in [1.165, 1.54) is 24.4 Å². The topological polar surface area (TPSA) is 84.5 Å². The van der Waals surface area contributed by atoms with Crippen molar-refractivity contribution in [3.05, 3.63) is 53.3 Å². The van der Waals surface area contributed by atoms with Crippen LogP contribution in [0.2, 0.25) is 0 Å². The van der Waals surface area contributed by atoms with Crippen molar-refractivity contribution in [2.75, 3.05) is 26.2 Å². The molecule has 0 aliphatic carbocycles. The van der Waals surface area contributed by atoms with E-state index in [4.69, 9.17) is 5.73 Å². The maximum atomic E-state index is 12.7. The highest BCUT2D eigenvalue weighted by Gasteiger charge is 2.42. The molecule has 4 rings (SSSR count). The lowest BCUT2D eigenvalue weighted by Gasteiger charge is -2.21. The number of fused-ring (bicyclic) bond motifs is 1. The first-order valence-corrected chi connectivity index (χ1v) is 9.24. The number of nitrogens with two attached hydrogens (primary N) is 1. The number of carbonyl (C=O) groups is 2. The van der Waals surface area contributed by atoms with Crippen LogP contribution in [0.4, 0.5) is 18.0 Å². The second-order valence-corrected chi connectivity index (χ2v) is 7.61. The predicted molar refractivity (Wildman–Crippen MR) is 96.8 cm³/mol. The van der Waals surface area contributed by atoms with Crippen LogP contribution in [0, 0.1) is 11.8 Å². The number of aromatic nitrogens is 2. The van der Waals surface area contributed by atoms with Gasteiger partial charge in [-0.3, -0.25) is 9.69 Å². The Balaban J connectivity index is 1.32. The van der Waals surface area contributed by atoms with Gasteiger partial charge in [0.25, 0.3) is 5.91 Å². The molecular weight excluding hydrogens is 387 g/mol. The minimum absolute atomic E-state index is 0.0421. The second kappa shape index (κ2) is 7.18. The van der Waals surface area contributed by atoms with Gasteiger partial charge in [-0.15, -0.1) is 0 Å². The Hall–Kier alpha value is -2.88. The Morgan fingerprint density at radius 3 is 2.17 bits per heavy atom. The maximum Gasteiger partial charge on any atom is 0.416 e. The molecule has 2 fully saturated rings. The molecule has 29 heavy (non-hydrogen) atoms. The molecule has 2 aliphatic rings. The van der Waals surface area contributed by atoms with Crippen molar-refractivity contribution in [3.8, 4) is 0 Å². The van der Waals surface area contributed by atoms with Crippen molar-refractivity contribution in [2.45, 2.75) is 12.7 Å². The SMILES string of the molecule is NC(=O)c1ccn(C(=O)N2CC3CN(Cc4ccc(C(F)(F)F)cc4)CC3C2)n1. The van der Waals surface area contributed by atoms with Crippen LogP contribution in [0.15, 0.2) is 36.5 Å².